The molecule has 33 heavy (non-hydrogen) atoms. The molecule has 0 bridgehead atoms. The zero-order valence-electron chi connectivity index (χ0n) is 18.9. The van der Waals surface area contributed by atoms with Gasteiger partial charge in [-0.25, -0.2) is 0 Å². The van der Waals surface area contributed by atoms with Crippen molar-refractivity contribution in [1.29, 1.82) is 0 Å². The van der Waals surface area contributed by atoms with E-state index >= 15 is 0 Å². The van der Waals surface area contributed by atoms with Gasteiger partial charge in [0.2, 0.25) is 0 Å². The molecule has 0 heterocycles. The van der Waals surface area contributed by atoms with Crippen LogP contribution in [0.1, 0.15) is 21.5 Å². The molecule has 0 atom stereocenters. The summed E-state index contributed by atoms with van der Waals surface area (Å²) < 4.78 is 11.5. The van der Waals surface area contributed by atoms with Crippen molar-refractivity contribution >= 4 is 5.91 Å². The average molecular weight is 438 g/mol. The summed E-state index contributed by atoms with van der Waals surface area (Å²) in [7, 11) is 3.43. The standard InChI is InChI=1S/C29H27NO3/c1-30(20-22-9-5-3-6-10-22)29(31)25-15-18-28(32-2)26(19-25)21-33-27-16-13-24(14-17-27)23-11-7-4-8-12-23/h3-19H,20-21H2,1-2H3. The van der Waals surface area contributed by atoms with Crippen LogP contribution in [0.15, 0.2) is 103 Å². The Labute approximate surface area is 195 Å². The minimum Gasteiger partial charge on any atom is -0.496 e. The Hall–Kier alpha value is -4.05. The highest BCUT2D eigenvalue weighted by Gasteiger charge is 2.15. The largest absolute Gasteiger partial charge is 0.496 e. The van der Waals surface area contributed by atoms with Crippen molar-refractivity contribution in [2.75, 3.05) is 14.2 Å². The summed E-state index contributed by atoms with van der Waals surface area (Å²) in [6.45, 7) is 0.850. The van der Waals surface area contributed by atoms with Crippen molar-refractivity contribution in [3.05, 3.63) is 120 Å². The van der Waals surface area contributed by atoms with Crippen LogP contribution in [0.3, 0.4) is 0 Å². The average Bonchev–Trinajstić information content (AvgIpc) is 2.88. The molecule has 1 amide bonds. The molecule has 0 aromatic heterocycles. The number of carbonyl (C=O) groups is 1. The first-order valence-corrected chi connectivity index (χ1v) is 10.9. The maximum Gasteiger partial charge on any atom is 0.253 e. The van der Waals surface area contributed by atoms with E-state index in [1.165, 1.54) is 0 Å². The van der Waals surface area contributed by atoms with Crippen LogP contribution in [0.2, 0.25) is 0 Å². The normalized spacial score (nSPS) is 10.5. The lowest BCUT2D eigenvalue weighted by atomic mass is 10.1. The third-order valence-electron chi connectivity index (χ3n) is 5.49. The van der Waals surface area contributed by atoms with Crippen LogP contribution in [0, 0.1) is 0 Å². The summed E-state index contributed by atoms with van der Waals surface area (Å²) in [5.41, 5.74) is 4.81. The van der Waals surface area contributed by atoms with Gasteiger partial charge in [0, 0.05) is 24.7 Å². The predicted molar refractivity (Wildman–Crippen MR) is 131 cm³/mol. The van der Waals surface area contributed by atoms with E-state index in [1.807, 2.05) is 92.0 Å². The third kappa shape index (κ3) is 5.60. The van der Waals surface area contributed by atoms with Crippen molar-refractivity contribution in [1.82, 2.24) is 4.90 Å². The first-order chi connectivity index (χ1) is 16.1. The summed E-state index contributed by atoms with van der Waals surface area (Å²) in [4.78, 5) is 14.7. The molecule has 0 saturated heterocycles. The van der Waals surface area contributed by atoms with Gasteiger partial charge in [-0.1, -0.05) is 72.8 Å². The quantitative estimate of drug-likeness (QED) is 0.329. The Morgan fingerprint density at radius 2 is 1.42 bits per heavy atom. The molecule has 0 spiro atoms. The molecule has 4 nitrogen and oxygen atoms in total. The van der Waals surface area contributed by atoms with E-state index in [4.69, 9.17) is 9.47 Å². The fourth-order valence-corrected chi connectivity index (χ4v) is 3.71. The number of rotatable bonds is 8. The highest BCUT2D eigenvalue weighted by atomic mass is 16.5. The van der Waals surface area contributed by atoms with E-state index in [2.05, 4.69) is 12.1 Å². The van der Waals surface area contributed by atoms with Crippen LogP contribution in [0.25, 0.3) is 11.1 Å². The van der Waals surface area contributed by atoms with Crippen molar-refractivity contribution in [2.45, 2.75) is 13.2 Å². The molecule has 0 saturated carbocycles. The van der Waals surface area contributed by atoms with Gasteiger partial charge in [-0.15, -0.1) is 0 Å². The molecule has 4 aromatic rings. The van der Waals surface area contributed by atoms with Gasteiger partial charge in [-0.2, -0.15) is 0 Å². The van der Waals surface area contributed by atoms with Crippen molar-refractivity contribution < 1.29 is 14.3 Å². The molecule has 0 N–H and O–H groups in total. The van der Waals surface area contributed by atoms with Crippen molar-refractivity contribution in [2.24, 2.45) is 0 Å². The van der Waals surface area contributed by atoms with Crippen LogP contribution in [-0.4, -0.2) is 25.0 Å². The zero-order valence-corrected chi connectivity index (χ0v) is 18.9. The Balaban J connectivity index is 1.45. The summed E-state index contributed by atoms with van der Waals surface area (Å²) >= 11 is 0. The Morgan fingerprint density at radius 3 is 2.09 bits per heavy atom. The molecule has 4 rings (SSSR count). The Kier molecular flexibility index (Phi) is 7.06. The summed E-state index contributed by atoms with van der Waals surface area (Å²) in [5, 5.41) is 0. The van der Waals surface area contributed by atoms with E-state index in [1.54, 1.807) is 18.1 Å². The second kappa shape index (κ2) is 10.5. The lowest BCUT2D eigenvalue weighted by Crippen LogP contribution is -2.26. The highest BCUT2D eigenvalue weighted by molar-refractivity contribution is 5.94. The fourth-order valence-electron chi connectivity index (χ4n) is 3.71. The number of hydrogen-bond donors (Lipinski definition) is 0. The Morgan fingerprint density at radius 1 is 0.788 bits per heavy atom. The monoisotopic (exact) mass is 437 g/mol. The smallest absolute Gasteiger partial charge is 0.253 e. The van der Waals surface area contributed by atoms with E-state index in [0.717, 1.165) is 28.0 Å². The van der Waals surface area contributed by atoms with Gasteiger partial charge < -0.3 is 14.4 Å². The van der Waals surface area contributed by atoms with Gasteiger partial charge >= 0.3 is 0 Å². The van der Waals surface area contributed by atoms with Crippen LogP contribution in [0.4, 0.5) is 0 Å². The number of nitrogens with zero attached hydrogens (tertiary/aromatic N) is 1. The van der Waals surface area contributed by atoms with Gasteiger partial charge in [-0.05, 0) is 47.0 Å². The number of ether oxygens (including phenoxy) is 2. The molecule has 0 fully saturated rings. The molecule has 4 heteroatoms. The molecule has 0 radical (unpaired) electrons. The minimum absolute atomic E-state index is 0.0463. The number of hydrogen-bond acceptors (Lipinski definition) is 3. The molecule has 0 aliphatic heterocycles. The molecule has 0 unspecified atom stereocenters. The first kappa shape index (κ1) is 22.2. The van der Waals surface area contributed by atoms with Crippen molar-refractivity contribution in [3.63, 3.8) is 0 Å². The van der Waals surface area contributed by atoms with Gasteiger partial charge in [0.1, 0.15) is 18.1 Å². The topological polar surface area (TPSA) is 38.8 Å². The van der Waals surface area contributed by atoms with Gasteiger partial charge in [0.15, 0.2) is 0 Å². The molecule has 0 aliphatic carbocycles. The lowest BCUT2D eigenvalue weighted by Gasteiger charge is -2.18. The molecule has 4 aromatic carbocycles. The molecule has 0 aliphatic rings. The van der Waals surface area contributed by atoms with Gasteiger partial charge in [0.25, 0.3) is 5.91 Å². The number of methoxy groups -OCH3 is 1. The number of amides is 1. The highest BCUT2D eigenvalue weighted by Crippen LogP contribution is 2.25. The summed E-state index contributed by atoms with van der Waals surface area (Å²) in [6, 6.07) is 33.6. The van der Waals surface area contributed by atoms with Crippen LogP contribution in [0.5, 0.6) is 11.5 Å². The molecule has 166 valence electrons. The SMILES string of the molecule is COc1ccc(C(=O)N(C)Cc2ccccc2)cc1COc1ccc(-c2ccccc2)cc1. The maximum atomic E-state index is 13.0. The van der Waals surface area contributed by atoms with Gasteiger partial charge in [0.05, 0.1) is 7.11 Å². The second-order valence-electron chi connectivity index (χ2n) is 7.85. The van der Waals surface area contributed by atoms with Gasteiger partial charge in [-0.3, -0.25) is 4.79 Å². The zero-order chi connectivity index (χ0) is 23.0. The predicted octanol–water partition coefficient (Wildman–Crippen LogP) is 6.21. The minimum atomic E-state index is -0.0463. The van der Waals surface area contributed by atoms with E-state index in [-0.39, 0.29) is 5.91 Å². The molecular weight excluding hydrogens is 410 g/mol. The van der Waals surface area contributed by atoms with E-state index in [0.29, 0.717) is 24.5 Å². The van der Waals surface area contributed by atoms with Crippen LogP contribution < -0.4 is 9.47 Å². The number of carbonyl (C=O) groups excluding carboxylic acids is 1. The Bertz CT molecular complexity index is 1190. The lowest BCUT2D eigenvalue weighted by molar-refractivity contribution is 0.0785. The van der Waals surface area contributed by atoms with E-state index < -0.39 is 0 Å². The van der Waals surface area contributed by atoms with Crippen LogP contribution in [-0.2, 0) is 13.2 Å². The van der Waals surface area contributed by atoms with Crippen LogP contribution >= 0.6 is 0 Å². The maximum absolute atomic E-state index is 13.0. The second-order valence-corrected chi connectivity index (χ2v) is 7.85. The number of benzene rings is 4. The van der Waals surface area contributed by atoms with E-state index in [9.17, 15) is 4.79 Å². The van der Waals surface area contributed by atoms with Crippen molar-refractivity contribution in [3.8, 4) is 22.6 Å². The molecular formula is C29H27NO3. The fraction of sp³-hybridized carbons (Fsp3) is 0.138. The summed E-state index contributed by atoms with van der Waals surface area (Å²) in [6.07, 6.45) is 0. The third-order valence-corrected chi connectivity index (χ3v) is 5.49. The first-order valence-electron chi connectivity index (χ1n) is 10.9. The summed E-state index contributed by atoms with van der Waals surface area (Å²) in [5.74, 6) is 1.41.